The van der Waals surface area contributed by atoms with Gasteiger partial charge in [-0.1, -0.05) is 18.2 Å². The molecule has 2 aromatic carbocycles. The van der Waals surface area contributed by atoms with Gasteiger partial charge in [-0.3, -0.25) is 4.79 Å². The van der Waals surface area contributed by atoms with E-state index in [-0.39, 0.29) is 12.3 Å². The number of rotatable bonds is 5. The highest BCUT2D eigenvalue weighted by Crippen LogP contribution is 2.15. The first-order chi connectivity index (χ1) is 10.6. The highest BCUT2D eigenvalue weighted by atomic mass is 16.5. The molecule has 114 valence electrons. The number of hydrogen-bond acceptors (Lipinski definition) is 4. The Bertz CT molecular complexity index is 682. The van der Waals surface area contributed by atoms with E-state index in [4.69, 9.17) is 4.74 Å². The molecule has 0 saturated heterocycles. The summed E-state index contributed by atoms with van der Waals surface area (Å²) in [7, 11) is 2.90. The summed E-state index contributed by atoms with van der Waals surface area (Å²) >= 11 is 0. The van der Waals surface area contributed by atoms with Gasteiger partial charge in [-0.25, -0.2) is 4.79 Å². The van der Waals surface area contributed by atoms with Gasteiger partial charge in [-0.15, -0.1) is 0 Å². The zero-order valence-electron chi connectivity index (χ0n) is 12.5. The predicted molar refractivity (Wildman–Crippen MR) is 83.1 cm³/mol. The second kappa shape index (κ2) is 7.26. The van der Waals surface area contributed by atoms with Gasteiger partial charge in [0.1, 0.15) is 5.75 Å². The summed E-state index contributed by atoms with van der Waals surface area (Å²) in [6.45, 7) is 0. The molecule has 0 aromatic heterocycles. The summed E-state index contributed by atoms with van der Waals surface area (Å²) < 4.78 is 9.78. The first kappa shape index (κ1) is 15.6. The predicted octanol–water partition coefficient (Wildman–Crippen LogP) is 2.66. The van der Waals surface area contributed by atoms with Crippen LogP contribution in [0.4, 0.5) is 5.69 Å². The molecule has 22 heavy (non-hydrogen) atoms. The van der Waals surface area contributed by atoms with E-state index in [0.717, 1.165) is 5.56 Å². The molecule has 0 radical (unpaired) electrons. The van der Waals surface area contributed by atoms with E-state index in [9.17, 15) is 9.59 Å². The molecule has 0 bridgehead atoms. The first-order valence-electron chi connectivity index (χ1n) is 6.73. The highest BCUT2D eigenvalue weighted by molar-refractivity contribution is 5.95. The summed E-state index contributed by atoms with van der Waals surface area (Å²) in [6, 6.07) is 13.9. The third-order valence-electron chi connectivity index (χ3n) is 3.07. The maximum atomic E-state index is 12.1. The van der Waals surface area contributed by atoms with Gasteiger partial charge in [0.2, 0.25) is 5.91 Å². The van der Waals surface area contributed by atoms with Crippen LogP contribution in [-0.2, 0) is 16.0 Å². The molecule has 0 aliphatic rings. The summed E-state index contributed by atoms with van der Waals surface area (Å²) in [5, 5.41) is 2.76. The van der Waals surface area contributed by atoms with E-state index in [1.807, 2.05) is 24.3 Å². The fraction of sp³-hybridized carbons (Fsp3) is 0.176. The maximum absolute atomic E-state index is 12.1. The van der Waals surface area contributed by atoms with Crippen LogP contribution in [-0.4, -0.2) is 26.1 Å². The molecule has 2 aromatic rings. The zero-order chi connectivity index (χ0) is 15.9. The van der Waals surface area contributed by atoms with Gasteiger partial charge < -0.3 is 14.8 Å². The molecule has 0 spiro atoms. The van der Waals surface area contributed by atoms with Crippen LogP contribution in [0.2, 0.25) is 0 Å². The quantitative estimate of drug-likeness (QED) is 0.862. The lowest BCUT2D eigenvalue weighted by molar-refractivity contribution is -0.115. The lowest BCUT2D eigenvalue weighted by atomic mass is 10.1. The SMILES string of the molecule is COC(=O)c1cccc(NC(=O)Cc2cccc(OC)c2)c1. The molecule has 5 nitrogen and oxygen atoms in total. The molecular weight excluding hydrogens is 282 g/mol. The van der Waals surface area contributed by atoms with Crippen molar-refractivity contribution in [3.05, 3.63) is 59.7 Å². The van der Waals surface area contributed by atoms with Crippen molar-refractivity contribution in [1.29, 1.82) is 0 Å². The Morgan fingerprint density at radius 3 is 2.55 bits per heavy atom. The summed E-state index contributed by atoms with van der Waals surface area (Å²) in [5.41, 5.74) is 1.79. The van der Waals surface area contributed by atoms with E-state index in [2.05, 4.69) is 10.1 Å². The zero-order valence-corrected chi connectivity index (χ0v) is 12.5. The molecular formula is C17H17NO4. The molecule has 1 amide bonds. The number of amides is 1. The van der Waals surface area contributed by atoms with Crippen LogP contribution >= 0.6 is 0 Å². The number of hydrogen-bond donors (Lipinski definition) is 1. The summed E-state index contributed by atoms with van der Waals surface area (Å²) in [4.78, 5) is 23.5. The van der Waals surface area contributed by atoms with Crippen LogP contribution in [0.25, 0.3) is 0 Å². The van der Waals surface area contributed by atoms with Gasteiger partial charge in [-0.2, -0.15) is 0 Å². The minimum absolute atomic E-state index is 0.171. The van der Waals surface area contributed by atoms with E-state index in [0.29, 0.717) is 17.0 Å². The second-order valence-electron chi connectivity index (χ2n) is 4.65. The van der Waals surface area contributed by atoms with Gasteiger partial charge >= 0.3 is 5.97 Å². The third kappa shape index (κ3) is 4.09. The molecule has 0 unspecified atom stereocenters. The van der Waals surface area contributed by atoms with Gasteiger partial charge in [0.25, 0.3) is 0 Å². The Morgan fingerprint density at radius 1 is 1.05 bits per heavy atom. The molecule has 0 aliphatic carbocycles. The average molecular weight is 299 g/mol. The Kier molecular flexibility index (Phi) is 5.14. The van der Waals surface area contributed by atoms with Crippen LogP contribution in [0.3, 0.4) is 0 Å². The topological polar surface area (TPSA) is 64.6 Å². The van der Waals surface area contributed by atoms with Crippen LogP contribution < -0.4 is 10.1 Å². The Hall–Kier alpha value is -2.82. The fourth-order valence-corrected chi connectivity index (χ4v) is 2.01. The molecule has 0 aliphatic heterocycles. The number of benzene rings is 2. The molecule has 1 N–H and O–H groups in total. The second-order valence-corrected chi connectivity index (χ2v) is 4.65. The summed E-state index contributed by atoms with van der Waals surface area (Å²) in [5.74, 6) is 0.0946. The standard InChI is InChI=1S/C17H17NO4/c1-21-15-8-3-5-12(9-15)10-16(19)18-14-7-4-6-13(11-14)17(20)22-2/h3-9,11H,10H2,1-2H3,(H,18,19). The average Bonchev–Trinajstić information content (AvgIpc) is 2.54. The fourth-order valence-electron chi connectivity index (χ4n) is 2.01. The Morgan fingerprint density at radius 2 is 1.82 bits per heavy atom. The molecule has 0 heterocycles. The number of ether oxygens (including phenoxy) is 2. The maximum Gasteiger partial charge on any atom is 0.337 e. The van der Waals surface area contributed by atoms with E-state index < -0.39 is 5.97 Å². The lowest BCUT2D eigenvalue weighted by Crippen LogP contribution is -2.15. The molecule has 5 heteroatoms. The minimum atomic E-state index is -0.441. The molecule has 0 atom stereocenters. The van der Waals surface area contributed by atoms with Crippen LogP contribution in [0.5, 0.6) is 5.75 Å². The molecule has 0 fully saturated rings. The first-order valence-corrected chi connectivity index (χ1v) is 6.73. The van der Waals surface area contributed by atoms with E-state index in [1.165, 1.54) is 7.11 Å². The van der Waals surface area contributed by atoms with Crippen molar-refractivity contribution in [2.75, 3.05) is 19.5 Å². The van der Waals surface area contributed by atoms with Gasteiger partial charge in [0.05, 0.1) is 26.2 Å². The smallest absolute Gasteiger partial charge is 0.337 e. The lowest BCUT2D eigenvalue weighted by Gasteiger charge is -2.08. The molecule has 0 saturated carbocycles. The van der Waals surface area contributed by atoms with Gasteiger partial charge in [-0.05, 0) is 35.9 Å². The number of nitrogens with one attached hydrogen (secondary N) is 1. The normalized spacial score (nSPS) is 9.91. The largest absolute Gasteiger partial charge is 0.497 e. The minimum Gasteiger partial charge on any atom is -0.497 e. The number of carbonyl (C=O) groups excluding carboxylic acids is 2. The molecule has 2 rings (SSSR count). The van der Waals surface area contributed by atoms with Crippen molar-refractivity contribution in [2.24, 2.45) is 0 Å². The number of methoxy groups -OCH3 is 2. The van der Waals surface area contributed by atoms with E-state index >= 15 is 0 Å². The van der Waals surface area contributed by atoms with Gasteiger partial charge in [0, 0.05) is 5.69 Å². The van der Waals surface area contributed by atoms with Crippen LogP contribution in [0.15, 0.2) is 48.5 Å². The van der Waals surface area contributed by atoms with E-state index in [1.54, 1.807) is 31.4 Å². The van der Waals surface area contributed by atoms with Crippen molar-refractivity contribution >= 4 is 17.6 Å². The monoisotopic (exact) mass is 299 g/mol. The number of anilines is 1. The third-order valence-corrected chi connectivity index (χ3v) is 3.07. The van der Waals surface area contributed by atoms with Crippen LogP contribution in [0, 0.1) is 0 Å². The Balaban J connectivity index is 2.04. The van der Waals surface area contributed by atoms with Gasteiger partial charge in [0.15, 0.2) is 0 Å². The summed E-state index contributed by atoms with van der Waals surface area (Å²) in [6.07, 6.45) is 0.222. The highest BCUT2D eigenvalue weighted by Gasteiger charge is 2.08. The number of carbonyl (C=O) groups is 2. The number of esters is 1. The van der Waals surface area contributed by atoms with Crippen molar-refractivity contribution in [2.45, 2.75) is 6.42 Å². The van der Waals surface area contributed by atoms with Crippen molar-refractivity contribution in [1.82, 2.24) is 0 Å². The van der Waals surface area contributed by atoms with Crippen molar-refractivity contribution in [3.8, 4) is 5.75 Å². The van der Waals surface area contributed by atoms with Crippen molar-refractivity contribution < 1.29 is 19.1 Å². The Labute approximate surface area is 128 Å². The van der Waals surface area contributed by atoms with Crippen LogP contribution in [0.1, 0.15) is 15.9 Å². The van der Waals surface area contributed by atoms with Crippen molar-refractivity contribution in [3.63, 3.8) is 0 Å².